The monoisotopic (exact) mass is 346 g/mol. The number of thiazole rings is 1. The highest BCUT2D eigenvalue weighted by atomic mass is 32.1. The molecule has 0 unspecified atom stereocenters. The van der Waals surface area contributed by atoms with Crippen molar-refractivity contribution < 1.29 is 9.90 Å². The molecule has 0 saturated heterocycles. The number of aromatic nitrogens is 3. The standard InChI is InChI=1S/C17H22N4O2S/c22-15(20-12-17(23)5-3-1-2-4-6-17)9-13-11-24-16(21-13)14-10-18-7-8-19-14/h7-8,10-11,23H,1-6,9,12H2,(H,20,22). The average molecular weight is 346 g/mol. The van der Waals surface area contributed by atoms with E-state index >= 15 is 0 Å². The fourth-order valence-corrected chi connectivity index (χ4v) is 3.75. The van der Waals surface area contributed by atoms with Gasteiger partial charge in [0.15, 0.2) is 0 Å². The van der Waals surface area contributed by atoms with Crippen molar-refractivity contribution in [2.45, 2.75) is 50.5 Å². The molecular weight excluding hydrogens is 324 g/mol. The molecule has 0 atom stereocenters. The van der Waals surface area contributed by atoms with Crippen LogP contribution in [0.2, 0.25) is 0 Å². The van der Waals surface area contributed by atoms with Crippen LogP contribution in [0.5, 0.6) is 0 Å². The van der Waals surface area contributed by atoms with Gasteiger partial charge < -0.3 is 10.4 Å². The normalized spacial score (nSPS) is 17.2. The molecule has 0 radical (unpaired) electrons. The van der Waals surface area contributed by atoms with Crippen LogP contribution < -0.4 is 5.32 Å². The van der Waals surface area contributed by atoms with Gasteiger partial charge in [-0.25, -0.2) is 4.98 Å². The average Bonchev–Trinajstić information content (AvgIpc) is 2.95. The molecule has 1 aliphatic rings. The molecule has 2 aromatic heterocycles. The van der Waals surface area contributed by atoms with Gasteiger partial charge in [0, 0.05) is 24.3 Å². The predicted octanol–water partition coefficient (Wildman–Crippen LogP) is 2.34. The van der Waals surface area contributed by atoms with E-state index in [1.54, 1.807) is 18.6 Å². The lowest BCUT2D eigenvalue weighted by Crippen LogP contribution is -2.43. The van der Waals surface area contributed by atoms with Crippen molar-refractivity contribution in [1.29, 1.82) is 0 Å². The quantitative estimate of drug-likeness (QED) is 0.811. The second-order valence-electron chi connectivity index (χ2n) is 6.33. The predicted molar refractivity (Wildman–Crippen MR) is 92.5 cm³/mol. The summed E-state index contributed by atoms with van der Waals surface area (Å²) >= 11 is 1.45. The van der Waals surface area contributed by atoms with Crippen molar-refractivity contribution >= 4 is 17.2 Å². The van der Waals surface area contributed by atoms with E-state index in [1.165, 1.54) is 24.2 Å². The molecule has 6 nitrogen and oxygen atoms in total. The van der Waals surface area contributed by atoms with E-state index in [9.17, 15) is 9.90 Å². The lowest BCUT2D eigenvalue weighted by molar-refractivity contribution is -0.121. The van der Waals surface area contributed by atoms with Gasteiger partial charge in [-0.3, -0.25) is 14.8 Å². The number of nitrogens with one attached hydrogen (secondary N) is 1. The molecule has 0 bridgehead atoms. The molecule has 0 aliphatic heterocycles. The summed E-state index contributed by atoms with van der Waals surface area (Å²) in [6, 6.07) is 0. The van der Waals surface area contributed by atoms with Crippen molar-refractivity contribution in [2.24, 2.45) is 0 Å². The molecule has 7 heteroatoms. The van der Waals surface area contributed by atoms with Gasteiger partial charge in [-0.15, -0.1) is 11.3 Å². The van der Waals surface area contributed by atoms with Gasteiger partial charge in [-0.1, -0.05) is 25.7 Å². The van der Waals surface area contributed by atoms with Gasteiger partial charge in [0.2, 0.25) is 5.91 Å². The molecular formula is C17H22N4O2S. The Hall–Kier alpha value is -1.86. The summed E-state index contributed by atoms with van der Waals surface area (Å²) in [5.74, 6) is -0.108. The van der Waals surface area contributed by atoms with E-state index in [0.717, 1.165) is 30.7 Å². The highest BCUT2D eigenvalue weighted by Crippen LogP contribution is 2.26. The number of carbonyl (C=O) groups excluding carboxylic acids is 1. The van der Waals surface area contributed by atoms with E-state index in [2.05, 4.69) is 20.3 Å². The Morgan fingerprint density at radius 1 is 1.25 bits per heavy atom. The Balaban J connectivity index is 1.53. The number of rotatable bonds is 5. The van der Waals surface area contributed by atoms with Crippen LogP contribution >= 0.6 is 11.3 Å². The Bertz CT molecular complexity index is 666. The van der Waals surface area contributed by atoms with Crippen molar-refractivity contribution in [3.63, 3.8) is 0 Å². The number of hydrogen-bond acceptors (Lipinski definition) is 6. The number of carbonyl (C=O) groups is 1. The molecule has 0 spiro atoms. The van der Waals surface area contributed by atoms with Crippen LogP contribution in [0.4, 0.5) is 0 Å². The van der Waals surface area contributed by atoms with Crippen molar-refractivity contribution in [1.82, 2.24) is 20.3 Å². The Morgan fingerprint density at radius 3 is 2.75 bits per heavy atom. The molecule has 1 saturated carbocycles. The number of hydrogen-bond donors (Lipinski definition) is 2. The second kappa shape index (κ2) is 7.81. The molecule has 1 fully saturated rings. The largest absolute Gasteiger partial charge is 0.388 e. The zero-order chi connectivity index (χ0) is 16.8. The Morgan fingerprint density at radius 2 is 2.04 bits per heavy atom. The fourth-order valence-electron chi connectivity index (χ4n) is 2.97. The summed E-state index contributed by atoms with van der Waals surface area (Å²) in [6.07, 6.45) is 11.0. The Labute approximate surface area is 145 Å². The highest BCUT2D eigenvalue weighted by molar-refractivity contribution is 7.13. The lowest BCUT2D eigenvalue weighted by atomic mass is 9.94. The van der Waals surface area contributed by atoms with Crippen LogP contribution in [-0.4, -0.2) is 38.1 Å². The summed E-state index contributed by atoms with van der Waals surface area (Å²) in [5.41, 5.74) is 0.673. The van der Waals surface area contributed by atoms with E-state index in [4.69, 9.17) is 0 Å². The topological polar surface area (TPSA) is 88.0 Å². The summed E-state index contributed by atoms with van der Waals surface area (Å²) in [4.78, 5) is 24.8. The molecule has 2 aromatic rings. The minimum atomic E-state index is -0.751. The zero-order valence-electron chi connectivity index (χ0n) is 13.6. The molecule has 0 aromatic carbocycles. The van der Waals surface area contributed by atoms with Crippen molar-refractivity contribution in [3.05, 3.63) is 29.7 Å². The third kappa shape index (κ3) is 4.58. The summed E-state index contributed by atoms with van der Waals surface area (Å²) in [6.45, 7) is 0.326. The molecule has 1 aliphatic carbocycles. The highest BCUT2D eigenvalue weighted by Gasteiger charge is 2.28. The van der Waals surface area contributed by atoms with Crippen molar-refractivity contribution in [2.75, 3.05) is 6.54 Å². The SMILES string of the molecule is O=C(Cc1csc(-c2cnccn2)n1)NCC1(O)CCCCCC1. The van der Waals surface area contributed by atoms with Crippen LogP contribution in [0, 0.1) is 0 Å². The van der Waals surface area contributed by atoms with Crippen LogP contribution in [0.25, 0.3) is 10.7 Å². The molecule has 2 heterocycles. The van der Waals surface area contributed by atoms with Gasteiger partial charge in [0.05, 0.1) is 23.9 Å². The summed E-state index contributed by atoms with van der Waals surface area (Å²) in [5, 5.41) is 16.1. The molecule has 1 amide bonds. The van der Waals surface area contributed by atoms with Crippen molar-refractivity contribution in [3.8, 4) is 10.7 Å². The number of aliphatic hydroxyl groups is 1. The minimum Gasteiger partial charge on any atom is -0.388 e. The van der Waals surface area contributed by atoms with Crippen LogP contribution in [0.15, 0.2) is 24.0 Å². The zero-order valence-corrected chi connectivity index (χ0v) is 14.4. The maximum absolute atomic E-state index is 12.1. The third-order valence-electron chi connectivity index (χ3n) is 4.32. The van der Waals surface area contributed by atoms with Crippen LogP contribution in [0.3, 0.4) is 0 Å². The first kappa shape index (κ1) is 17.0. The maximum Gasteiger partial charge on any atom is 0.226 e. The third-order valence-corrected chi connectivity index (χ3v) is 5.24. The van der Waals surface area contributed by atoms with E-state index in [1.807, 2.05) is 5.38 Å². The second-order valence-corrected chi connectivity index (χ2v) is 7.18. The molecule has 128 valence electrons. The van der Waals surface area contributed by atoms with E-state index in [-0.39, 0.29) is 12.3 Å². The molecule has 2 N–H and O–H groups in total. The van der Waals surface area contributed by atoms with E-state index in [0.29, 0.717) is 17.9 Å². The fraction of sp³-hybridized carbons (Fsp3) is 0.529. The molecule has 24 heavy (non-hydrogen) atoms. The van der Waals surface area contributed by atoms with Gasteiger partial charge >= 0.3 is 0 Å². The summed E-state index contributed by atoms with van der Waals surface area (Å²) in [7, 11) is 0. The number of amides is 1. The Kier molecular flexibility index (Phi) is 5.52. The first-order valence-electron chi connectivity index (χ1n) is 8.34. The molecule has 3 rings (SSSR count). The smallest absolute Gasteiger partial charge is 0.226 e. The number of nitrogens with zero attached hydrogens (tertiary/aromatic N) is 3. The van der Waals surface area contributed by atoms with Crippen LogP contribution in [0.1, 0.15) is 44.2 Å². The first-order valence-corrected chi connectivity index (χ1v) is 9.22. The van der Waals surface area contributed by atoms with E-state index < -0.39 is 5.60 Å². The summed E-state index contributed by atoms with van der Waals surface area (Å²) < 4.78 is 0. The first-order chi connectivity index (χ1) is 11.6. The van der Waals surface area contributed by atoms with Crippen LogP contribution in [-0.2, 0) is 11.2 Å². The minimum absolute atomic E-state index is 0.108. The lowest BCUT2D eigenvalue weighted by Gasteiger charge is -2.26. The van der Waals surface area contributed by atoms with Gasteiger partial charge in [-0.05, 0) is 12.8 Å². The van der Waals surface area contributed by atoms with Gasteiger partial charge in [-0.2, -0.15) is 0 Å². The maximum atomic E-state index is 12.1. The van der Waals surface area contributed by atoms with Gasteiger partial charge in [0.1, 0.15) is 10.7 Å². The van der Waals surface area contributed by atoms with Gasteiger partial charge in [0.25, 0.3) is 0 Å².